The van der Waals surface area contributed by atoms with Gasteiger partial charge in [-0.1, -0.05) is 13.8 Å². The van der Waals surface area contributed by atoms with E-state index in [1.165, 1.54) is 0 Å². The molecule has 0 fully saturated rings. The van der Waals surface area contributed by atoms with Crippen molar-refractivity contribution < 1.29 is 18.9 Å². The SMILES string of the molecule is CCC(C#N)(CC)C(C(OC)OC)C(OC)OC. The van der Waals surface area contributed by atoms with Gasteiger partial charge in [0.2, 0.25) is 0 Å². The molecule has 5 nitrogen and oxygen atoms in total. The molecule has 0 aromatic carbocycles. The molecule has 0 heterocycles. The molecule has 18 heavy (non-hydrogen) atoms. The van der Waals surface area contributed by atoms with E-state index in [1.807, 2.05) is 13.8 Å². The molecule has 0 aromatic heterocycles. The topological polar surface area (TPSA) is 60.7 Å². The van der Waals surface area contributed by atoms with Gasteiger partial charge in [-0.05, 0) is 12.8 Å². The fourth-order valence-electron chi connectivity index (χ4n) is 2.38. The van der Waals surface area contributed by atoms with Crippen LogP contribution >= 0.6 is 0 Å². The minimum atomic E-state index is -0.604. The lowest BCUT2D eigenvalue weighted by molar-refractivity contribution is -0.246. The first-order valence-electron chi connectivity index (χ1n) is 6.13. The molecule has 0 aliphatic carbocycles. The van der Waals surface area contributed by atoms with Crippen molar-refractivity contribution >= 4 is 0 Å². The molecular weight excluding hydrogens is 234 g/mol. The average Bonchev–Trinajstić information content (AvgIpc) is 2.43. The summed E-state index contributed by atoms with van der Waals surface area (Å²) in [5.41, 5.74) is -0.604. The average molecular weight is 259 g/mol. The molecule has 0 rings (SSSR count). The van der Waals surface area contributed by atoms with Crippen molar-refractivity contribution in [1.82, 2.24) is 0 Å². The lowest BCUT2D eigenvalue weighted by Gasteiger charge is -2.40. The van der Waals surface area contributed by atoms with Crippen LogP contribution in [0.3, 0.4) is 0 Å². The molecule has 0 radical (unpaired) electrons. The van der Waals surface area contributed by atoms with Crippen molar-refractivity contribution in [3.63, 3.8) is 0 Å². The molecule has 0 aliphatic rings. The van der Waals surface area contributed by atoms with Crippen LogP contribution in [0.25, 0.3) is 0 Å². The highest BCUT2D eigenvalue weighted by Gasteiger charge is 2.47. The van der Waals surface area contributed by atoms with Crippen LogP contribution in [0, 0.1) is 22.7 Å². The largest absolute Gasteiger partial charge is 0.355 e. The smallest absolute Gasteiger partial charge is 0.166 e. The third kappa shape index (κ3) is 3.42. The van der Waals surface area contributed by atoms with Gasteiger partial charge in [0.1, 0.15) is 0 Å². The Bertz CT molecular complexity index is 240. The van der Waals surface area contributed by atoms with Gasteiger partial charge in [-0.3, -0.25) is 0 Å². The zero-order valence-corrected chi connectivity index (χ0v) is 12.2. The Labute approximate surface area is 110 Å². The summed E-state index contributed by atoms with van der Waals surface area (Å²) in [5.74, 6) is -0.317. The van der Waals surface area contributed by atoms with Gasteiger partial charge in [-0.2, -0.15) is 5.26 Å². The van der Waals surface area contributed by atoms with Crippen LogP contribution in [-0.4, -0.2) is 41.0 Å². The summed E-state index contributed by atoms with van der Waals surface area (Å²) in [6.45, 7) is 3.95. The van der Waals surface area contributed by atoms with Gasteiger partial charge in [0.25, 0.3) is 0 Å². The third-order valence-corrected chi connectivity index (χ3v) is 3.64. The highest BCUT2D eigenvalue weighted by atomic mass is 16.7. The molecule has 5 heteroatoms. The third-order valence-electron chi connectivity index (χ3n) is 3.64. The molecule has 0 bridgehead atoms. The lowest BCUT2D eigenvalue weighted by Crippen LogP contribution is -2.47. The first kappa shape index (κ1) is 17.3. The van der Waals surface area contributed by atoms with Gasteiger partial charge in [0.15, 0.2) is 12.6 Å². The number of nitrogens with zero attached hydrogens (tertiary/aromatic N) is 1. The second-order valence-electron chi connectivity index (χ2n) is 4.18. The van der Waals surface area contributed by atoms with Crippen molar-refractivity contribution in [2.24, 2.45) is 11.3 Å². The highest BCUT2D eigenvalue weighted by molar-refractivity contribution is 5.04. The fraction of sp³-hybridized carbons (Fsp3) is 0.923. The van der Waals surface area contributed by atoms with Crippen molar-refractivity contribution in [2.45, 2.75) is 39.3 Å². The summed E-state index contributed by atoms with van der Waals surface area (Å²) >= 11 is 0. The maximum absolute atomic E-state index is 9.55. The molecule has 0 saturated heterocycles. The van der Waals surface area contributed by atoms with E-state index in [1.54, 1.807) is 28.4 Å². The van der Waals surface area contributed by atoms with E-state index in [9.17, 15) is 5.26 Å². The molecule has 0 aliphatic heterocycles. The van der Waals surface area contributed by atoms with E-state index in [0.29, 0.717) is 12.8 Å². The Balaban J connectivity index is 5.49. The Morgan fingerprint density at radius 1 is 0.889 bits per heavy atom. The van der Waals surface area contributed by atoms with Crippen LogP contribution in [0.2, 0.25) is 0 Å². The van der Waals surface area contributed by atoms with Crippen LogP contribution in [0.4, 0.5) is 0 Å². The van der Waals surface area contributed by atoms with E-state index in [2.05, 4.69) is 6.07 Å². The van der Waals surface area contributed by atoms with Crippen LogP contribution in [0.15, 0.2) is 0 Å². The van der Waals surface area contributed by atoms with Gasteiger partial charge in [0.05, 0.1) is 17.4 Å². The summed E-state index contributed by atoms with van der Waals surface area (Å²) in [6, 6.07) is 2.39. The lowest BCUT2D eigenvalue weighted by atomic mass is 9.71. The quantitative estimate of drug-likeness (QED) is 0.594. The minimum Gasteiger partial charge on any atom is -0.355 e. The van der Waals surface area contributed by atoms with E-state index < -0.39 is 18.0 Å². The number of nitriles is 1. The van der Waals surface area contributed by atoms with Gasteiger partial charge in [-0.15, -0.1) is 0 Å². The Hall–Kier alpha value is -0.670. The summed E-state index contributed by atoms with van der Waals surface area (Å²) < 4.78 is 21.3. The summed E-state index contributed by atoms with van der Waals surface area (Å²) in [4.78, 5) is 0. The molecule has 0 atom stereocenters. The van der Waals surface area contributed by atoms with Crippen LogP contribution < -0.4 is 0 Å². The van der Waals surface area contributed by atoms with Crippen molar-refractivity contribution in [3.05, 3.63) is 0 Å². The standard InChI is InChI=1S/C13H25NO4/c1-7-13(8-2,9-14)10(11(15-3)16-4)12(17-5)18-6/h10-12H,7-8H2,1-6H3. The molecule has 0 aromatic rings. The fourth-order valence-corrected chi connectivity index (χ4v) is 2.38. The van der Waals surface area contributed by atoms with Crippen LogP contribution in [0.5, 0.6) is 0 Å². The van der Waals surface area contributed by atoms with E-state index >= 15 is 0 Å². The predicted octanol–water partition coefficient (Wildman–Crippen LogP) is 2.17. The highest BCUT2D eigenvalue weighted by Crippen LogP contribution is 2.41. The predicted molar refractivity (Wildman–Crippen MR) is 67.7 cm³/mol. The van der Waals surface area contributed by atoms with E-state index in [-0.39, 0.29) is 5.92 Å². The van der Waals surface area contributed by atoms with Crippen molar-refractivity contribution in [3.8, 4) is 6.07 Å². The van der Waals surface area contributed by atoms with E-state index in [0.717, 1.165) is 0 Å². The minimum absolute atomic E-state index is 0.317. The number of rotatable bonds is 9. The zero-order valence-electron chi connectivity index (χ0n) is 12.2. The number of methoxy groups -OCH3 is 4. The number of ether oxygens (including phenoxy) is 4. The Morgan fingerprint density at radius 2 is 1.22 bits per heavy atom. The monoisotopic (exact) mass is 259 g/mol. The Kier molecular flexibility index (Phi) is 8.12. The molecule has 0 N–H and O–H groups in total. The summed E-state index contributed by atoms with van der Waals surface area (Å²) in [5, 5.41) is 9.55. The zero-order chi connectivity index (χ0) is 14.2. The summed E-state index contributed by atoms with van der Waals surface area (Å²) in [6.07, 6.45) is 0.262. The molecule has 0 saturated carbocycles. The molecule has 106 valence electrons. The molecule has 0 unspecified atom stereocenters. The first-order valence-corrected chi connectivity index (χ1v) is 6.13. The second-order valence-corrected chi connectivity index (χ2v) is 4.18. The van der Waals surface area contributed by atoms with Crippen LogP contribution in [-0.2, 0) is 18.9 Å². The number of hydrogen-bond donors (Lipinski definition) is 0. The normalized spacial score (nSPS) is 12.4. The van der Waals surface area contributed by atoms with Crippen molar-refractivity contribution in [2.75, 3.05) is 28.4 Å². The van der Waals surface area contributed by atoms with Gasteiger partial charge < -0.3 is 18.9 Å². The summed E-state index contributed by atoms with van der Waals surface area (Å²) in [7, 11) is 6.21. The maximum atomic E-state index is 9.55. The first-order chi connectivity index (χ1) is 8.60. The Morgan fingerprint density at radius 3 is 1.39 bits per heavy atom. The van der Waals surface area contributed by atoms with Gasteiger partial charge >= 0.3 is 0 Å². The molecular formula is C13H25NO4. The second kappa shape index (κ2) is 8.44. The molecule has 0 amide bonds. The van der Waals surface area contributed by atoms with Gasteiger partial charge in [0, 0.05) is 28.4 Å². The van der Waals surface area contributed by atoms with Crippen LogP contribution in [0.1, 0.15) is 26.7 Å². The molecule has 0 spiro atoms. The van der Waals surface area contributed by atoms with E-state index in [4.69, 9.17) is 18.9 Å². The van der Waals surface area contributed by atoms with Crippen molar-refractivity contribution in [1.29, 1.82) is 5.26 Å². The number of hydrogen-bond acceptors (Lipinski definition) is 5. The van der Waals surface area contributed by atoms with Gasteiger partial charge in [-0.25, -0.2) is 0 Å². The maximum Gasteiger partial charge on any atom is 0.166 e.